The quantitative estimate of drug-likeness (QED) is 0.376. The highest BCUT2D eigenvalue weighted by molar-refractivity contribution is 5.87. The van der Waals surface area contributed by atoms with Crippen molar-refractivity contribution < 1.29 is 4.79 Å². The van der Waals surface area contributed by atoms with Gasteiger partial charge < -0.3 is 5.32 Å². The van der Waals surface area contributed by atoms with Gasteiger partial charge in [-0.15, -0.1) is 0 Å². The van der Waals surface area contributed by atoms with Crippen LogP contribution < -0.4 is 5.32 Å². The van der Waals surface area contributed by atoms with Crippen LogP contribution in [0.2, 0.25) is 0 Å². The third-order valence-electron chi connectivity index (χ3n) is 3.07. The van der Waals surface area contributed by atoms with Gasteiger partial charge in [0.05, 0.1) is 5.92 Å². The molecule has 0 radical (unpaired) electrons. The third-order valence-corrected chi connectivity index (χ3v) is 3.07. The molecule has 4 atom stereocenters. The monoisotopic (exact) mass is 135 g/mol. The van der Waals surface area contributed by atoms with Gasteiger partial charge in [-0.1, -0.05) is 12.2 Å². The van der Waals surface area contributed by atoms with Gasteiger partial charge in [-0.05, 0) is 18.3 Å². The summed E-state index contributed by atoms with van der Waals surface area (Å²) < 4.78 is 0. The lowest BCUT2D eigenvalue weighted by Crippen LogP contribution is -2.59. The summed E-state index contributed by atoms with van der Waals surface area (Å²) >= 11 is 0. The van der Waals surface area contributed by atoms with Crippen LogP contribution in [0, 0.1) is 17.8 Å². The average molecular weight is 135 g/mol. The van der Waals surface area contributed by atoms with Crippen LogP contribution in [0.1, 0.15) is 6.42 Å². The van der Waals surface area contributed by atoms with E-state index in [0.29, 0.717) is 23.8 Å². The maximum Gasteiger partial charge on any atom is 0.226 e. The lowest BCUT2D eigenvalue weighted by Gasteiger charge is -2.37. The fourth-order valence-corrected chi connectivity index (χ4v) is 2.54. The van der Waals surface area contributed by atoms with Gasteiger partial charge in [0, 0.05) is 6.04 Å². The average Bonchev–Trinajstić information content (AvgIpc) is 2.40. The fraction of sp³-hybridized carbons (Fsp3) is 0.625. The van der Waals surface area contributed by atoms with Gasteiger partial charge in [-0.2, -0.15) is 0 Å². The Morgan fingerprint density at radius 1 is 1.40 bits per heavy atom. The minimum atomic E-state index is 0.279. The molecule has 1 saturated heterocycles. The van der Waals surface area contributed by atoms with Gasteiger partial charge in [0.15, 0.2) is 0 Å². The van der Waals surface area contributed by atoms with Gasteiger partial charge in [-0.3, -0.25) is 4.79 Å². The predicted octanol–water partition coefficient (Wildman–Crippen LogP) is 0.307. The second-order valence-electron chi connectivity index (χ2n) is 3.51. The zero-order valence-electron chi connectivity index (χ0n) is 5.58. The van der Waals surface area contributed by atoms with E-state index in [1.165, 1.54) is 6.42 Å². The smallest absolute Gasteiger partial charge is 0.226 e. The number of amides is 1. The molecule has 1 unspecified atom stereocenters. The van der Waals surface area contributed by atoms with Crippen LogP contribution in [-0.2, 0) is 4.79 Å². The van der Waals surface area contributed by atoms with E-state index in [1.54, 1.807) is 0 Å². The van der Waals surface area contributed by atoms with Crippen LogP contribution in [0.5, 0.6) is 0 Å². The highest BCUT2D eigenvalue weighted by atomic mass is 16.2. The Hall–Kier alpha value is -0.790. The van der Waals surface area contributed by atoms with E-state index < -0.39 is 0 Å². The molecule has 52 valence electrons. The normalized spacial score (nSPS) is 54.2. The van der Waals surface area contributed by atoms with E-state index in [-0.39, 0.29) is 5.91 Å². The molecule has 1 N–H and O–H groups in total. The zero-order valence-corrected chi connectivity index (χ0v) is 5.58. The topological polar surface area (TPSA) is 29.1 Å². The molecule has 3 aliphatic rings. The molecule has 3 rings (SSSR count). The molecule has 1 heterocycles. The summed E-state index contributed by atoms with van der Waals surface area (Å²) in [5.41, 5.74) is 0. The minimum Gasteiger partial charge on any atom is -0.352 e. The standard InChI is InChI=1S/C8H9NO/c10-8-6-4-1-2-5(3-4)7(6)9-8/h1-2,4-7H,3H2,(H,9,10)/t4-,5+,6+,7?/m0/s1. The Morgan fingerprint density at radius 2 is 2.20 bits per heavy atom. The van der Waals surface area contributed by atoms with E-state index in [2.05, 4.69) is 17.5 Å². The van der Waals surface area contributed by atoms with Crippen LogP contribution >= 0.6 is 0 Å². The maximum absolute atomic E-state index is 11.0. The lowest BCUT2D eigenvalue weighted by molar-refractivity contribution is -0.135. The molecular weight excluding hydrogens is 126 g/mol. The first-order valence-corrected chi connectivity index (χ1v) is 3.85. The molecule has 0 aromatic heterocycles. The minimum absolute atomic E-state index is 0.279. The van der Waals surface area contributed by atoms with Crippen molar-refractivity contribution in [2.75, 3.05) is 0 Å². The zero-order chi connectivity index (χ0) is 6.72. The Labute approximate surface area is 59.3 Å². The molecule has 0 aromatic carbocycles. The largest absolute Gasteiger partial charge is 0.352 e. The number of carbonyl (C=O) groups excluding carboxylic acids is 1. The molecule has 10 heavy (non-hydrogen) atoms. The molecule has 0 aromatic rings. The van der Waals surface area contributed by atoms with Crippen LogP contribution in [0.15, 0.2) is 12.2 Å². The summed E-state index contributed by atoms with van der Waals surface area (Å²) in [5, 5.41) is 2.95. The van der Waals surface area contributed by atoms with Crippen molar-refractivity contribution in [1.29, 1.82) is 0 Å². The van der Waals surface area contributed by atoms with Crippen molar-refractivity contribution in [3.63, 3.8) is 0 Å². The molecule has 0 spiro atoms. The van der Waals surface area contributed by atoms with Crippen LogP contribution in [0.4, 0.5) is 0 Å². The number of rotatable bonds is 0. The fourth-order valence-electron chi connectivity index (χ4n) is 2.54. The Balaban J connectivity index is 2.03. The Kier molecular flexibility index (Phi) is 0.636. The van der Waals surface area contributed by atoms with Crippen molar-refractivity contribution >= 4 is 5.91 Å². The van der Waals surface area contributed by atoms with Crippen molar-refractivity contribution in [3.05, 3.63) is 12.2 Å². The molecule has 2 fully saturated rings. The molecule has 2 nitrogen and oxygen atoms in total. The second kappa shape index (κ2) is 1.29. The first kappa shape index (κ1) is 4.94. The first-order valence-electron chi connectivity index (χ1n) is 3.85. The number of carbonyl (C=O) groups is 1. The molecule has 1 aliphatic heterocycles. The van der Waals surface area contributed by atoms with E-state index >= 15 is 0 Å². The molecule has 2 heteroatoms. The number of fused-ring (bicyclic) bond motifs is 5. The van der Waals surface area contributed by atoms with Gasteiger partial charge in [0.2, 0.25) is 5.91 Å². The molecule has 2 bridgehead atoms. The third kappa shape index (κ3) is 0.349. The summed E-state index contributed by atoms with van der Waals surface area (Å²) in [5.74, 6) is 1.90. The summed E-state index contributed by atoms with van der Waals surface area (Å²) in [4.78, 5) is 11.0. The van der Waals surface area contributed by atoms with Crippen molar-refractivity contribution in [2.45, 2.75) is 12.5 Å². The van der Waals surface area contributed by atoms with Crippen LogP contribution in [0.3, 0.4) is 0 Å². The van der Waals surface area contributed by atoms with Crippen LogP contribution in [-0.4, -0.2) is 11.9 Å². The summed E-state index contributed by atoms with van der Waals surface area (Å²) in [6.45, 7) is 0. The van der Waals surface area contributed by atoms with E-state index in [0.717, 1.165) is 0 Å². The van der Waals surface area contributed by atoms with Crippen LogP contribution in [0.25, 0.3) is 0 Å². The van der Waals surface area contributed by atoms with E-state index in [4.69, 9.17) is 0 Å². The second-order valence-corrected chi connectivity index (χ2v) is 3.51. The van der Waals surface area contributed by atoms with Crippen molar-refractivity contribution in [3.8, 4) is 0 Å². The number of β-lactam (4-membered cyclic amide) rings is 1. The predicted molar refractivity (Wildman–Crippen MR) is 36.2 cm³/mol. The van der Waals surface area contributed by atoms with Crippen molar-refractivity contribution in [1.82, 2.24) is 5.32 Å². The molecule has 2 aliphatic carbocycles. The van der Waals surface area contributed by atoms with E-state index in [9.17, 15) is 4.79 Å². The SMILES string of the molecule is O=C1NC2[C@@H]3C=C[C@@H](C3)[C@@H]12. The lowest BCUT2D eigenvalue weighted by atomic mass is 9.82. The number of hydrogen-bond donors (Lipinski definition) is 1. The number of hydrogen-bond acceptors (Lipinski definition) is 1. The van der Waals surface area contributed by atoms with E-state index in [1.807, 2.05) is 0 Å². The Bertz CT molecular complexity index is 233. The van der Waals surface area contributed by atoms with Gasteiger partial charge in [0.25, 0.3) is 0 Å². The van der Waals surface area contributed by atoms with Crippen molar-refractivity contribution in [2.24, 2.45) is 17.8 Å². The first-order chi connectivity index (χ1) is 4.86. The van der Waals surface area contributed by atoms with Gasteiger partial charge >= 0.3 is 0 Å². The highest BCUT2D eigenvalue weighted by Crippen LogP contribution is 2.47. The molecule has 1 saturated carbocycles. The number of nitrogens with one attached hydrogen (secondary N) is 1. The summed E-state index contributed by atoms with van der Waals surface area (Å²) in [6.07, 6.45) is 5.68. The molecular formula is C8H9NO. The van der Waals surface area contributed by atoms with Gasteiger partial charge in [0.1, 0.15) is 0 Å². The highest BCUT2D eigenvalue weighted by Gasteiger charge is 2.54. The summed E-state index contributed by atoms with van der Waals surface area (Å²) in [7, 11) is 0. The van der Waals surface area contributed by atoms with Gasteiger partial charge in [-0.25, -0.2) is 0 Å². The Morgan fingerprint density at radius 3 is 2.80 bits per heavy atom. The number of allylic oxidation sites excluding steroid dienone is 1. The summed E-state index contributed by atoms with van der Waals surface area (Å²) in [6, 6.07) is 0.516. The molecule has 1 amide bonds. The maximum atomic E-state index is 11.0.